The topological polar surface area (TPSA) is 66.5 Å². The maximum Gasteiger partial charge on any atom is 0.239 e. The number of sulfonamides is 1. The van der Waals surface area contributed by atoms with Crippen molar-refractivity contribution in [3.63, 3.8) is 0 Å². The van der Waals surface area contributed by atoms with Crippen molar-refractivity contribution >= 4 is 33.2 Å². The van der Waals surface area contributed by atoms with Gasteiger partial charge in [-0.05, 0) is 36.2 Å². The highest BCUT2D eigenvalue weighted by Crippen LogP contribution is 2.19. The fourth-order valence-electron chi connectivity index (χ4n) is 2.20. The van der Waals surface area contributed by atoms with Gasteiger partial charge < -0.3 is 5.32 Å². The normalized spacial score (nSPS) is 11.6. The minimum Gasteiger partial charge on any atom is -0.325 e. The van der Waals surface area contributed by atoms with Crippen LogP contribution in [0.2, 0.25) is 5.02 Å². The minimum absolute atomic E-state index is 0.0864. The summed E-state index contributed by atoms with van der Waals surface area (Å²) in [6.07, 6.45) is 1.05. The zero-order valence-electron chi connectivity index (χ0n) is 13.8. The molecular formula is C17H18ClFN2O3S. The number of hydrogen-bond donors (Lipinski definition) is 1. The fraction of sp³-hybridized carbons (Fsp3) is 0.235. The van der Waals surface area contributed by atoms with Crippen molar-refractivity contribution in [1.82, 2.24) is 4.31 Å². The number of carbonyl (C=O) groups excluding carboxylic acids is 1. The molecule has 134 valence electrons. The van der Waals surface area contributed by atoms with E-state index in [2.05, 4.69) is 5.32 Å². The van der Waals surface area contributed by atoms with E-state index in [-0.39, 0.29) is 18.1 Å². The Hall–Kier alpha value is -1.96. The molecule has 1 amide bonds. The third-order valence-corrected chi connectivity index (χ3v) is 5.09. The number of rotatable bonds is 6. The van der Waals surface area contributed by atoms with Gasteiger partial charge in [0.05, 0.1) is 17.8 Å². The third kappa shape index (κ3) is 5.52. The summed E-state index contributed by atoms with van der Waals surface area (Å²) in [7, 11) is -3.60. The highest BCUT2D eigenvalue weighted by Gasteiger charge is 2.21. The van der Waals surface area contributed by atoms with Crippen molar-refractivity contribution in [3.05, 3.63) is 64.4 Å². The average molecular weight is 385 g/mol. The molecule has 0 saturated carbocycles. The van der Waals surface area contributed by atoms with Crippen LogP contribution in [-0.2, 0) is 21.4 Å². The molecule has 0 fully saturated rings. The lowest BCUT2D eigenvalue weighted by Gasteiger charge is -2.20. The molecule has 2 aromatic carbocycles. The molecule has 0 bridgehead atoms. The van der Waals surface area contributed by atoms with E-state index < -0.39 is 21.7 Å². The zero-order chi connectivity index (χ0) is 18.6. The van der Waals surface area contributed by atoms with E-state index in [4.69, 9.17) is 11.6 Å². The summed E-state index contributed by atoms with van der Waals surface area (Å²) in [6.45, 7) is 1.60. The van der Waals surface area contributed by atoms with Crippen molar-refractivity contribution < 1.29 is 17.6 Å². The monoisotopic (exact) mass is 384 g/mol. The number of amides is 1. The Morgan fingerprint density at radius 2 is 1.92 bits per heavy atom. The molecule has 0 aliphatic rings. The van der Waals surface area contributed by atoms with Crippen molar-refractivity contribution in [1.29, 1.82) is 0 Å². The predicted molar refractivity (Wildman–Crippen MR) is 96.5 cm³/mol. The average Bonchev–Trinajstić information content (AvgIpc) is 2.51. The molecule has 2 rings (SSSR count). The summed E-state index contributed by atoms with van der Waals surface area (Å²) >= 11 is 5.67. The van der Waals surface area contributed by atoms with Crippen LogP contribution in [0.5, 0.6) is 0 Å². The Labute approximate surface area is 151 Å². The van der Waals surface area contributed by atoms with Gasteiger partial charge in [-0.2, -0.15) is 4.31 Å². The Morgan fingerprint density at radius 1 is 1.24 bits per heavy atom. The van der Waals surface area contributed by atoms with Gasteiger partial charge in [-0.1, -0.05) is 35.9 Å². The van der Waals surface area contributed by atoms with Gasteiger partial charge in [0.25, 0.3) is 0 Å². The Bertz CT molecular complexity index is 887. The predicted octanol–water partition coefficient (Wildman–Crippen LogP) is 3.19. The van der Waals surface area contributed by atoms with Crippen molar-refractivity contribution in [2.45, 2.75) is 13.5 Å². The van der Waals surface area contributed by atoms with Crippen LogP contribution in [0.4, 0.5) is 10.1 Å². The van der Waals surface area contributed by atoms with Crippen LogP contribution >= 0.6 is 11.6 Å². The fourth-order valence-corrected chi connectivity index (χ4v) is 3.11. The summed E-state index contributed by atoms with van der Waals surface area (Å²) < 4.78 is 38.2. The van der Waals surface area contributed by atoms with Crippen molar-refractivity contribution in [2.75, 3.05) is 18.1 Å². The van der Waals surface area contributed by atoms with E-state index >= 15 is 0 Å². The number of anilines is 1. The molecule has 8 heteroatoms. The third-order valence-electron chi connectivity index (χ3n) is 3.60. The summed E-state index contributed by atoms with van der Waals surface area (Å²) in [5.74, 6) is -1.14. The Kier molecular flexibility index (Phi) is 6.16. The number of benzene rings is 2. The number of halogens is 2. The van der Waals surface area contributed by atoms with Crippen LogP contribution in [-0.4, -0.2) is 31.4 Å². The second-order valence-electron chi connectivity index (χ2n) is 5.63. The maximum absolute atomic E-state index is 13.2. The van der Waals surface area contributed by atoms with Crippen molar-refractivity contribution in [3.8, 4) is 0 Å². The zero-order valence-corrected chi connectivity index (χ0v) is 15.4. The van der Waals surface area contributed by atoms with Crippen LogP contribution in [0, 0.1) is 12.7 Å². The van der Waals surface area contributed by atoms with E-state index in [1.54, 1.807) is 0 Å². The number of nitrogens with zero attached hydrogens (tertiary/aromatic N) is 1. The molecule has 2 aromatic rings. The van der Waals surface area contributed by atoms with Gasteiger partial charge >= 0.3 is 0 Å². The van der Waals surface area contributed by atoms with Gasteiger partial charge in [-0.3, -0.25) is 4.79 Å². The smallest absolute Gasteiger partial charge is 0.239 e. The lowest BCUT2D eigenvalue weighted by Crippen LogP contribution is -2.37. The molecule has 0 aliphatic carbocycles. The van der Waals surface area contributed by atoms with Gasteiger partial charge in [-0.15, -0.1) is 0 Å². The quantitative estimate of drug-likeness (QED) is 0.831. The Morgan fingerprint density at radius 3 is 2.52 bits per heavy atom. The molecule has 0 aliphatic heterocycles. The van der Waals surface area contributed by atoms with Gasteiger partial charge in [0.15, 0.2) is 0 Å². The minimum atomic E-state index is -3.60. The molecule has 0 spiro atoms. The molecule has 0 saturated heterocycles. The molecule has 5 nitrogen and oxygen atoms in total. The molecule has 0 aromatic heterocycles. The van der Waals surface area contributed by atoms with Crippen LogP contribution in [0.15, 0.2) is 42.5 Å². The van der Waals surface area contributed by atoms with Gasteiger partial charge in [-0.25, -0.2) is 12.8 Å². The van der Waals surface area contributed by atoms with Gasteiger partial charge in [0.2, 0.25) is 15.9 Å². The van der Waals surface area contributed by atoms with Gasteiger partial charge in [0.1, 0.15) is 5.82 Å². The number of nitrogens with one attached hydrogen (secondary N) is 1. The second-order valence-corrected chi connectivity index (χ2v) is 8.02. The highest BCUT2D eigenvalue weighted by molar-refractivity contribution is 7.88. The van der Waals surface area contributed by atoms with Crippen molar-refractivity contribution in [2.24, 2.45) is 0 Å². The first-order valence-corrected chi connectivity index (χ1v) is 9.64. The van der Waals surface area contributed by atoms with Crippen LogP contribution in [0.3, 0.4) is 0 Å². The first-order valence-electron chi connectivity index (χ1n) is 7.41. The molecule has 25 heavy (non-hydrogen) atoms. The van der Waals surface area contributed by atoms with Crippen LogP contribution < -0.4 is 5.32 Å². The Balaban J connectivity index is 2.13. The molecule has 1 N–H and O–H groups in total. The number of aryl methyl sites for hydroxylation is 1. The SMILES string of the molecule is Cc1ccccc1CN(CC(=O)Nc1ccc(F)c(Cl)c1)S(C)(=O)=O. The van der Waals surface area contributed by atoms with Gasteiger partial charge in [0, 0.05) is 12.2 Å². The largest absolute Gasteiger partial charge is 0.325 e. The summed E-state index contributed by atoms with van der Waals surface area (Å²) in [4.78, 5) is 12.2. The van der Waals surface area contributed by atoms with Crippen LogP contribution in [0.25, 0.3) is 0 Å². The van der Waals surface area contributed by atoms with E-state index in [0.29, 0.717) is 5.69 Å². The molecule has 0 unspecified atom stereocenters. The van der Waals surface area contributed by atoms with E-state index in [9.17, 15) is 17.6 Å². The lowest BCUT2D eigenvalue weighted by atomic mass is 10.1. The summed E-state index contributed by atoms with van der Waals surface area (Å²) in [6, 6.07) is 11.1. The standard InChI is InChI=1S/C17H18ClFN2O3S/c1-12-5-3-4-6-13(12)10-21(25(2,23)24)11-17(22)20-14-7-8-16(19)15(18)9-14/h3-9H,10-11H2,1-2H3,(H,20,22). The molecule has 0 heterocycles. The number of hydrogen-bond acceptors (Lipinski definition) is 3. The maximum atomic E-state index is 13.2. The van der Waals surface area contributed by atoms with E-state index in [0.717, 1.165) is 27.8 Å². The molecular weight excluding hydrogens is 367 g/mol. The van der Waals surface area contributed by atoms with E-state index in [1.165, 1.54) is 12.1 Å². The van der Waals surface area contributed by atoms with Crippen LogP contribution in [0.1, 0.15) is 11.1 Å². The first-order chi connectivity index (χ1) is 11.7. The first kappa shape index (κ1) is 19.4. The highest BCUT2D eigenvalue weighted by atomic mass is 35.5. The molecule has 0 radical (unpaired) electrons. The molecule has 0 atom stereocenters. The van der Waals surface area contributed by atoms with E-state index in [1.807, 2.05) is 31.2 Å². The number of carbonyl (C=O) groups is 1. The summed E-state index contributed by atoms with van der Waals surface area (Å²) in [5, 5.41) is 2.39. The lowest BCUT2D eigenvalue weighted by molar-refractivity contribution is -0.116. The summed E-state index contributed by atoms with van der Waals surface area (Å²) in [5.41, 5.74) is 2.04. The second kappa shape index (κ2) is 7.95.